The molecule has 2 amide bonds. The number of hydrogen-bond donors (Lipinski definition) is 2. The Labute approximate surface area is 166 Å². The zero-order valence-corrected chi connectivity index (χ0v) is 15.5. The second kappa shape index (κ2) is 7.32. The molecular weight excluding hydrogens is 378 g/mol. The summed E-state index contributed by atoms with van der Waals surface area (Å²) < 4.78 is 1.74. The minimum Gasteiger partial charge on any atom is -0.506 e. The zero-order valence-electron chi connectivity index (χ0n) is 14.7. The molecule has 0 bridgehead atoms. The van der Waals surface area contributed by atoms with E-state index < -0.39 is 11.9 Å². The van der Waals surface area contributed by atoms with Crippen molar-refractivity contribution in [1.29, 1.82) is 0 Å². The predicted octanol–water partition coefficient (Wildman–Crippen LogP) is 3.06. The van der Waals surface area contributed by atoms with Crippen LogP contribution in [0.15, 0.2) is 72.9 Å². The highest BCUT2D eigenvalue weighted by molar-refractivity contribution is 6.30. The monoisotopic (exact) mass is 394 g/mol. The van der Waals surface area contributed by atoms with E-state index in [0.717, 1.165) is 0 Å². The van der Waals surface area contributed by atoms with Crippen molar-refractivity contribution in [2.75, 3.05) is 10.2 Å². The number of nitrogens with zero attached hydrogens (tertiary/aromatic N) is 2. The minimum atomic E-state index is -0.938. The predicted molar refractivity (Wildman–Crippen MR) is 105 cm³/mol. The van der Waals surface area contributed by atoms with Crippen LogP contribution in [0.4, 0.5) is 11.4 Å². The van der Waals surface area contributed by atoms with Crippen molar-refractivity contribution < 1.29 is 19.3 Å². The van der Waals surface area contributed by atoms with Crippen LogP contribution in [0.25, 0.3) is 0 Å². The van der Waals surface area contributed by atoms with Crippen molar-refractivity contribution in [3.8, 4) is 5.75 Å². The van der Waals surface area contributed by atoms with Crippen LogP contribution in [0.5, 0.6) is 5.75 Å². The molecule has 2 N–H and O–H groups in total. The van der Waals surface area contributed by atoms with Crippen LogP contribution in [-0.4, -0.2) is 16.9 Å². The Hall–Kier alpha value is -3.38. The van der Waals surface area contributed by atoms with E-state index in [4.69, 9.17) is 11.6 Å². The van der Waals surface area contributed by atoms with Crippen LogP contribution in [0.3, 0.4) is 0 Å². The second-order valence-corrected chi connectivity index (χ2v) is 6.84. The molecule has 0 aliphatic carbocycles. The average molecular weight is 395 g/mol. The van der Waals surface area contributed by atoms with Crippen LogP contribution >= 0.6 is 11.6 Å². The molecule has 1 aromatic heterocycles. The number of phenols is 1. The summed E-state index contributed by atoms with van der Waals surface area (Å²) in [6, 6.07) is 17.7. The van der Waals surface area contributed by atoms with Crippen molar-refractivity contribution in [2.24, 2.45) is 0 Å². The molecule has 28 heavy (non-hydrogen) atoms. The lowest BCUT2D eigenvalue weighted by molar-refractivity contribution is -0.695. The third-order valence-corrected chi connectivity index (χ3v) is 4.84. The first-order valence-corrected chi connectivity index (χ1v) is 9.07. The van der Waals surface area contributed by atoms with E-state index >= 15 is 0 Å². The third kappa shape index (κ3) is 3.30. The van der Waals surface area contributed by atoms with Crippen molar-refractivity contribution >= 4 is 34.8 Å². The normalized spacial score (nSPS) is 15.8. The molecule has 0 saturated heterocycles. The number of aromatic nitrogens is 1. The molecule has 7 heteroatoms. The van der Waals surface area contributed by atoms with Gasteiger partial charge < -0.3 is 10.4 Å². The van der Waals surface area contributed by atoms with Gasteiger partial charge in [-0.2, -0.15) is 4.57 Å². The highest BCUT2D eigenvalue weighted by atomic mass is 35.5. The number of rotatable bonds is 3. The lowest BCUT2D eigenvalue weighted by atomic mass is 10.0. The van der Waals surface area contributed by atoms with Crippen LogP contribution in [0.2, 0.25) is 5.02 Å². The third-order valence-electron chi connectivity index (χ3n) is 4.59. The average Bonchev–Trinajstić information content (AvgIpc) is 2.69. The molecule has 0 saturated carbocycles. The minimum absolute atomic E-state index is 0.0653. The maximum atomic E-state index is 13.2. The fraction of sp³-hybridized carbons (Fsp3) is 0.0952. The standard InChI is InChI=1S/C21H16ClN3O3/c22-14-8-10-15(11-9-14)23-21(28)20-17-6-3-4-12-24(17)13-19(27)25(20)16-5-1-2-7-18(16)26/h1-12,20H,13H2,(H-,23,26,28)/p+1/t20-/m1/s1. The topological polar surface area (TPSA) is 73.5 Å². The molecule has 1 atom stereocenters. The summed E-state index contributed by atoms with van der Waals surface area (Å²) in [6.07, 6.45) is 1.76. The van der Waals surface area contributed by atoms with Crippen molar-refractivity contribution in [2.45, 2.75) is 12.6 Å². The van der Waals surface area contributed by atoms with E-state index in [1.165, 1.54) is 11.0 Å². The van der Waals surface area contributed by atoms with E-state index in [9.17, 15) is 14.7 Å². The fourth-order valence-corrected chi connectivity index (χ4v) is 3.44. The summed E-state index contributed by atoms with van der Waals surface area (Å²) in [5.74, 6) is -0.746. The highest BCUT2D eigenvalue weighted by Crippen LogP contribution is 2.35. The summed E-state index contributed by atoms with van der Waals surface area (Å²) in [5, 5.41) is 13.7. The number of carbonyl (C=O) groups excluding carboxylic acids is 2. The highest BCUT2D eigenvalue weighted by Gasteiger charge is 2.44. The molecule has 2 aromatic carbocycles. The van der Waals surface area contributed by atoms with Gasteiger partial charge in [0.05, 0.1) is 5.69 Å². The molecule has 0 fully saturated rings. The number of phenolic OH excluding ortho intramolecular Hbond substituents is 1. The summed E-state index contributed by atoms with van der Waals surface area (Å²) in [4.78, 5) is 27.5. The number of nitrogens with one attached hydrogen (secondary N) is 1. The van der Waals surface area contributed by atoms with Gasteiger partial charge in [0.1, 0.15) is 5.75 Å². The second-order valence-electron chi connectivity index (χ2n) is 6.40. The summed E-state index contributed by atoms with van der Waals surface area (Å²) in [6.45, 7) is 0.0786. The van der Waals surface area contributed by atoms with Gasteiger partial charge in [0.25, 0.3) is 11.8 Å². The van der Waals surface area contributed by atoms with E-state index in [2.05, 4.69) is 5.32 Å². The lowest BCUT2D eigenvalue weighted by Crippen LogP contribution is -2.58. The molecule has 1 aliphatic heterocycles. The van der Waals surface area contributed by atoms with Crippen molar-refractivity contribution in [3.05, 3.63) is 83.6 Å². The zero-order chi connectivity index (χ0) is 19.7. The number of aromatic hydroxyl groups is 1. The molecule has 0 unspecified atom stereocenters. The van der Waals surface area contributed by atoms with Gasteiger partial charge in [0.15, 0.2) is 6.20 Å². The number of benzene rings is 2. The lowest BCUT2D eigenvalue weighted by Gasteiger charge is -2.32. The molecule has 1 aliphatic rings. The molecule has 2 heterocycles. The molecule has 140 valence electrons. The Balaban J connectivity index is 1.78. The first kappa shape index (κ1) is 18.0. The first-order valence-electron chi connectivity index (χ1n) is 8.69. The Morgan fingerprint density at radius 3 is 2.54 bits per heavy atom. The van der Waals surface area contributed by atoms with Crippen LogP contribution in [-0.2, 0) is 16.1 Å². The number of pyridine rings is 1. The van der Waals surface area contributed by atoms with Crippen LogP contribution in [0, 0.1) is 0 Å². The maximum Gasteiger partial charge on any atom is 0.294 e. The SMILES string of the molecule is O=C(Nc1ccc(Cl)cc1)[C@H]1c2cccc[n+]2CC(=O)N1c1ccccc1O. The number of amides is 2. The van der Waals surface area contributed by atoms with Gasteiger partial charge in [-0.25, -0.2) is 0 Å². The Morgan fingerprint density at radius 1 is 1.07 bits per heavy atom. The molecule has 3 aromatic rings. The van der Waals surface area contributed by atoms with Gasteiger partial charge in [0, 0.05) is 22.8 Å². The number of para-hydroxylation sites is 2. The number of anilines is 2. The van der Waals surface area contributed by atoms with E-state index in [0.29, 0.717) is 22.1 Å². The van der Waals surface area contributed by atoms with Gasteiger partial charge in [0.2, 0.25) is 18.3 Å². The van der Waals surface area contributed by atoms with Gasteiger partial charge in [-0.3, -0.25) is 14.5 Å². The van der Waals surface area contributed by atoms with Crippen molar-refractivity contribution in [1.82, 2.24) is 0 Å². The van der Waals surface area contributed by atoms with Gasteiger partial charge in [-0.15, -0.1) is 0 Å². The number of carbonyl (C=O) groups is 2. The smallest absolute Gasteiger partial charge is 0.294 e. The Morgan fingerprint density at radius 2 is 1.79 bits per heavy atom. The molecular formula is C21H17ClN3O3+. The maximum absolute atomic E-state index is 13.2. The first-order chi connectivity index (χ1) is 13.5. The Bertz CT molecular complexity index is 1050. The number of fused-ring (bicyclic) bond motifs is 1. The van der Waals surface area contributed by atoms with Crippen LogP contribution < -0.4 is 14.8 Å². The van der Waals surface area contributed by atoms with Crippen molar-refractivity contribution in [3.63, 3.8) is 0 Å². The van der Waals surface area contributed by atoms with Crippen LogP contribution in [0.1, 0.15) is 11.7 Å². The van der Waals surface area contributed by atoms with E-state index in [1.807, 2.05) is 6.07 Å². The summed E-state index contributed by atoms with van der Waals surface area (Å²) >= 11 is 5.91. The number of halogens is 1. The van der Waals surface area contributed by atoms with E-state index in [1.54, 1.807) is 65.4 Å². The van der Waals surface area contributed by atoms with Gasteiger partial charge >= 0.3 is 0 Å². The summed E-state index contributed by atoms with van der Waals surface area (Å²) in [7, 11) is 0. The largest absolute Gasteiger partial charge is 0.506 e. The molecule has 0 radical (unpaired) electrons. The molecule has 0 spiro atoms. The Kier molecular flexibility index (Phi) is 4.71. The summed E-state index contributed by atoms with van der Waals surface area (Å²) in [5.41, 5.74) is 1.50. The fourth-order valence-electron chi connectivity index (χ4n) is 3.32. The number of hydrogen-bond acceptors (Lipinski definition) is 3. The quantitative estimate of drug-likeness (QED) is 0.670. The molecule has 6 nitrogen and oxygen atoms in total. The van der Waals surface area contributed by atoms with Gasteiger partial charge in [-0.05, 0) is 36.4 Å². The van der Waals surface area contributed by atoms with E-state index in [-0.39, 0.29) is 18.2 Å². The molecule has 4 rings (SSSR count). The van der Waals surface area contributed by atoms with Gasteiger partial charge in [-0.1, -0.05) is 29.8 Å².